The third kappa shape index (κ3) is 2.88. The molecule has 7 heteroatoms. The van der Waals surface area contributed by atoms with Gasteiger partial charge in [-0.1, -0.05) is 45.5 Å². The Morgan fingerprint density at radius 1 is 1.18 bits per heavy atom. The predicted molar refractivity (Wildman–Crippen MR) is 92.4 cm³/mol. The van der Waals surface area contributed by atoms with Gasteiger partial charge < -0.3 is 4.57 Å². The van der Waals surface area contributed by atoms with Gasteiger partial charge in [-0.05, 0) is 37.3 Å². The molecule has 2 aromatic carbocycles. The lowest BCUT2D eigenvalue weighted by Gasteiger charge is -2.01. The van der Waals surface area contributed by atoms with Crippen LogP contribution in [0, 0.1) is 0 Å². The number of benzene rings is 2. The van der Waals surface area contributed by atoms with Gasteiger partial charge in [0, 0.05) is 11.0 Å². The van der Waals surface area contributed by atoms with Crippen LogP contribution in [-0.4, -0.2) is 13.0 Å². The van der Waals surface area contributed by atoms with Crippen molar-refractivity contribution in [3.63, 3.8) is 0 Å². The van der Waals surface area contributed by atoms with E-state index >= 15 is 0 Å². The first kappa shape index (κ1) is 15.5. The highest BCUT2D eigenvalue weighted by atomic mass is 79.9. The molecule has 0 N–H and O–H groups in total. The second kappa shape index (κ2) is 5.98. The van der Waals surface area contributed by atoms with Crippen molar-refractivity contribution in [2.45, 2.75) is 18.4 Å². The third-order valence-corrected chi connectivity index (χ3v) is 6.13. The molecule has 0 aliphatic rings. The average Bonchev–Trinajstić information content (AvgIpc) is 2.83. The molecular weight excluding hydrogens is 384 g/mol. The van der Waals surface area contributed by atoms with Crippen LogP contribution < -0.4 is 4.80 Å². The van der Waals surface area contributed by atoms with Crippen LogP contribution in [0.15, 0.2) is 62.3 Å². The Labute approximate surface area is 140 Å². The van der Waals surface area contributed by atoms with Crippen LogP contribution in [0.4, 0.5) is 0 Å². The minimum atomic E-state index is -3.70. The zero-order valence-electron chi connectivity index (χ0n) is 11.7. The normalized spacial score (nSPS) is 12.9. The van der Waals surface area contributed by atoms with Gasteiger partial charge in [0.1, 0.15) is 0 Å². The fourth-order valence-electron chi connectivity index (χ4n) is 2.17. The van der Waals surface area contributed by atoms with Gasteiger partial charge in [-0.2, -0.15) is 8.42 Å². The number of hydrogen-bond acceptors (Lipinski definition) is 3. The summed E-state index contributed by atoms with van der Waals surface area (Å²) in [6.07, 6.45) is 0. The fraction of sp³-hybridized carbons (Fsp3) is 0.133. The Morgan fingerprint density at radius 2 is 1.91 bits per heavy atom. The molecule has 0 radical (unpaired) electrons. The number of nitrogens with zero attached hydrogens (tertiary/aromatic N) is 2. The number of halogens is 1. The smallest absolute Gasteiger partial charge is 0.285 e. The Kier molecular flexibility index (Phi) is 4.20. The molecule has 1 aromatic heterocycles. The van der Waals surface area contributed by atoms with E-state index in [0.717, 1.165) is 14.7 Å². The maximum atomic E-state index is 12.4. The van der Waals surface area contributed by atoms with Crippen LogP contribution in [0.2, 0.25) is 0 Å². The maximum Gasteiger partial charge on any atom is 0.285 e. The highest BCUT2D eigenvalue weighted by Crippen LogP contribution is 2.22. The van der Waals surface area contributed by atoms with Gasteiger partial charge in [0.15, 0.2) is 0 Å². The van der Waals surface area contributed by atoms with E-state index in [1.54, 1.807) is 30.3 Å². The van der Waals surface area contributed by atoms with Gasteiger partial charge in [0.25, 0.3) is 10.0 Å². The first-order valence-corrected chi connectivity index (χ1v) is 9.71. The SMILES string of the molecule is CCn1/c(=N/S(=O)(=O)c2ccccc2)sc2cc(Br)ccc21. The van der Waals surface area contributed by atoms with Crippen molar-refractivity contribution < 1.29 is 8.42 Å². The minimum Gasteiger partial charge on any atom is -0.316 e. The number of fused-ring (bicyclic) bond motifs is 1. The van der Waals surface area contributed by atoms with Gasteiger partial charge in [-0.25, -0.2) is 0 Å². The van der Waals surface area contributed by atoms with E-state index in [0.29, 0.717) is 11.3 Å². The Balaban J connectivity index is 2.25. The summed E-state index contributed by atoms with van der Waals surface area (Å²) < 4.78 is 32.8. The van der Waals surface area contributed by atoms with Crippen molar-refractivity contribution in [2.75, 3.05) is 0 Å². The van der Waals surface area contributed by atoms with Crippen LogP contribution >= 0.6 is 27.3 Å². The number of aryl methyl sites for hydroxylation is 1. The zero-order valence-corrected chi connectivity index (χ0v) is 15.0. The number of aromatic nitrogens is 1. The lowest BCUT2D eigenvalue weighted by molar-refractivity contribution is 0.595. The van der Waals surface area contributed by atoms with Crippen molar-refractivity contribution in [2.24, 2.45) is 4.40 Å². The largest absolute Gasteiger partial charge is 0.316 e. The summed E-state index contributed by atoms with van der Waals surface area (Å²) in [6.45, 7) is 2.63. The van der Waals surface area contributed by atoms with Crippen molar-refractivity contribution in [3.05, 3.63) is 57.8 Å². The standard InChI is InChI=1S/C15H13BrN2O2S2/c1-2-18-13-9-8-11(16)10-14(13)21-15(18)17-22(19,20)12-6-4-3-5-7-12/h3-10H,2H2,1H3/b17-15-. The molecule has 0 aliphatic heterocycles. The molecule has 0 unspecified atom stereocenters. The lowest BCUT2D eigenvalue weighted by Crippen LogP contribution is -2.16. The molecule has 4 nitrogen and oxygen atoms in total. The van der Waals surface area contributed by atoms with Crippen molar-refractivity contribution >= 4 is 47.5 Å². The van der Waals surface area contributed by atoms with Gasteiger partial charge in [0.05, 0.1) is 15.1 Å². The number of sulfonamides is 1. The van der Waals surface area contributed by atoms with Gasteiger partial charge in [-0.3, -0.25) is 0 Å². The summed E-state index contributed by atoms with van der Waals surface area (Å²) in [5.74, 6) is 0. The zero-order chi connectivity index (χ0) is 15.7. The topological polar surface area (TPSA) is 51.4 Å². The number of thiazole rings is 1. The Morgan fingerprint density at radius 3 is 2.59 bits per heavy atom. The fourth-order valence-corrected chi connectivity index (χ4v) is 5.04. The van der Waals surface area contributed by atoms with Gasteiger partial charge in [-0.15, -0.1) is 4.40 Å². The molecule has 0 bridgehead atoms. The highest BCUT2D eigenvalue weighted by Gasteiger charge is 2.13. The summed E-state index contributed by atoms with van der Waals surface area (Å²) in [5, 5.41) is 0. The maximum absolute atomic E-state index is 12.4. The van der Waals surface area contributed by atoms with Crippen LogP contribution in [0.1, 0.15) is 6.92 Å². The second-order valence-electron chi connectivity index (χ2n) is 4.62. The molecule has 0 aliphatic carbocycles. The van der Waals surface area contributed by atoms with Gasteiger partial charge >= 0.3 is 0 Å². The monoisotopic (exact) mass is 396 g/mol. The quantitative estimate of drug-likeness (QED) is 0.676. The van der Waals surface area contributed by atoms with Crippen molar-refractivity contribution in [1.82, 2.24) is 4.57 Å². The molecule has 3 rings (SSSR count). The van der Waals surface area contributed by atoms with Crippen molar-refractivity contribution in [1.29, 1.82) is 0 Å². The highest BCUT2D eigenvalue weighted by molar-refractivity contribution is 9.10. The Bertz CT molecular complexity index is 989. The molecule has 22 heavy (non-hydrogen) atoms. The molecule has 0 saturated carbocycles. The molecular formula is C15H13BrN2O2S2. The van der Waals surface area contributed by atoms with E-state index in [-0.39, 0.29) is 4.90 Å². The molecule has 1 heterocycles. The summed E-state index contributed by atoms with van der Waals surface area (Å²) >= 11 is 4.81. The number of rotatable bonds is 3. The predicted octanol–water partition coefficient (Wildman–Crippen LogP) is 3.77. The summed E-state index contributed by atoms with van der Waals surface area (Å²) in [4.78, 5) is 0.691. The first-order chi connectivity index (χ1) is 10.5. The molecule has 3 aromatic rings. The molecule has 114 valence electrons. The summed E-state index contributed by atoms with van der Waals surface area (Å²) in [7, 11) is -3.70. The van der Waals surface area contributed by atoms with Gasteiger partial charge in [0.2, 0.25) is 4.80 Å². The summed E-state index contributed by atoms with van der Waals surface area (Å²) in [5.41, 5.74) is 0.984. The second-order valence-corrected chi connectivity index (χ2v) is 8.15. The van der Waals surface area contributed by atoms with E-state index in [1.807, 2.05) is 29.7 Å². The van der Waals surface area contributed by atoms with Crippen molar-refractivity contribution in [3.8, 4) is 0 Å². The van der Waals surface area contributed by atoms with E-state index in [4.69, 9.17) is 0 Å². The van der Waals surface area contributed by atoms with Crippen LogP contribution in [0.3, 0.4) is 0 Å². The average molecular weight is 397 g/mol. The Hall–Kier alpha value is -1.44. The minimum absolute atomic E-state index is 0.205. The molecule has 0 amide bonds. The summed E-state index contributed by atoms with van der Waals surface area (Å²) in [6, 6.07) is 14.2. The molecule has 0 spiro atoms. The molecule has 0 atom stereocenters. The van der Waals surface area contributed by atoms with Crippen LogP contribution in [0.25, 0.3) is 10.2 Å². The third-order valence-electron chi connectivity index (χ3n) is 3.20. The van der Waals surface area contributed by atoms with Crippen LogP contribution in [-0.2, 0) is 16.6 Å². The molecule has 0 fully saturated rings. The molecule has 0 saturated heterocycles. The van der Waals surface area contributed by atoms with E-state index in [2.05, 4.69) is 20.3 Å². The van der Waals surface area contributed by atoms with E-state index < -0.39 is 10.0 Å². The number of hydrogen-bond donors (Lipinski definition) is 0. The lowest BCUT2D eigenvalue weighted by atomic mass is 10.3. The van der Waals surface area contributed by atoms with E-state index in [1.165, 1.54) is 11.3 Å². The van der Waals surface area contributed by atoms with E-state index in [9.17, 15) is 8.42 Å². The first-order valence-electron chi connectivity index (χ1n) is 6.66. The van der Waals surface area contributed by atoms with Crippen LogP contribution in [0.5, 0.6) is 0 Å².